The SMILES string of the molecule is CCCCCCC=CCc1nc2ccccc2c(OC(=O)CCC)c1CC. The largest absolute Gasteiger partial charge is 0.425 e. The first-order valence-corrected chi connectivity index (χ1v) is 10.5. The van der Waals surface area contributed by atoms with E-state index in [1.165, 1.54) is 25.7 Å². The number of ether oxygens (including phenoxy) is 1. The van der Waals surface area contributed by atoms with Gasteiger partial charge < -0.3 is 4.74 Å². The fourth-order valence-electron chi connectivity index (χ4n) is 3.29. The molecule has 0 saturated carbocycles. The number of carbonyl (C=O) groups excluding carboxylic acids is 1. The molecule has 3 heteroatoms. The number of aromatic nitrogens is 1. The van der Waals surface area contributed by atoms with Gasteiger partial charge in [0.15, 0.2) is 0 Å². The number of benzene rings is 1. The monoisotopic (exact) mass is 367 g/mol. The molecule has 0 saturated heterocycles. The maximum absolute atomic E-state index is 12.2. The highest BCUT2D eigenvalue weighted by Gasteiger charge is 2.17. The molecule has 2 rings (SSSR count). The van der Waals surface area contributed by atoms with Gasteiger partial charge in [-0.05, 0) is 37.8 Å². The third kappa shape index (κ3) is 6.20. The summed E-state index contributed by atoms with van der Waals surface area (Å²) in [5.74, 6) is 0.536. The number of rotatable bonds is 11. The number of esters is 1. The summed E-state index contributed by atoms with van der Waals surface area (Å²) in [6, 6.07) is 7.93. The van der Waals surface area contributed by atoms with Crippen LogP contribution in [0, 0.1) is 0 Å². The highest BCUT2D eigenvalue weighted by atomic mass is 16.5. The topological polar surface area (TPSA) is 39.2 Å². The summed E-state index contributed by atoms with van der Waals surface area (Å²) in [6.45, 7) is 6.32. The summed E-state index contributed by atoms with van der Waals surface area (Å²) in [7, 11) is 0. The average Bonchev–Trinajstić information content (AvgIpc) is 2.67. The van der Waals surface area contributed by atoms with E-state index in [4.69, 9.17) is 9.72 Å². The number of hydrogen-bond acceptors (Lipinski definition) is 3. The third-order valence-corrected chi connectivity index (χ3v) is 4.75. The molecule has 1 aromatic carbocycles. The predicted molar refractivity (Wildman–Crippen MR) is 113 cm³/mol. The highest BCUT2D eigenvalue weighted by molar-refractivity contribution is 5.89. The van der Waals surface area contributed by atoms with Gasteiger partial charge in [-0.15, -0.1) is 0 Å². The lowest BCUT2D eigenvalue weighted by Crippen LogP contribution is -2.11. The normalized spacial score (nSPS) is 11.4. The van der Waals surface area contributed by atoms with Crippen molar-refractivity contribution in [1.29, 1.82) is 0 Å². The van der Waals surface area contributed by atoms with E-state index in [1.807, 2.05) is 31.2 Å². The van der Waals surface area contributed by atoms with Crippen molar-refractivity contribution < 1.29 is 9.53 Å². The van der Waals surface area contributed by atoms with E-state index in [-0.39, 0.29) is 5.97 Å². The second kappa shape index (κ2) is 11.5. The molecule has 0 aliphatic rings. The Kier molecular flexibility index (Phi) is 9.03. The zero-order valence-electron chi connectivity index (χ0n) is 17.1. The molecule has 0 bridgehead atoms. The lowest BCUT2D eigenvalue weighted by Gasteiger charge is -2.15. The lowest BCUT2D eigenvalue weighted by molar-refractivity contribution is -0.134. The number of unbranched alkanes of at least 4 members (excludes halogenated alkanes) is 4. The number of carbonyl (C=O) groups is 1. The Morgan fingerprint density at radius 1 is 1.04 bits per heavy atom. The van der Waals surface area contributed by atoms with Crippen LogP contribution in [0.25, 0.3) is 10.9 Å². The molecule has 1 heterocycles. The molecule has 146 valence electrons. The van der Waals surface area contributed by atoms with Crippen molar-refractivity contribution in [1.82, 2.24) is 4.98 Å². The molecule has 3 nitrogen and oxygen atoms in total. The Morgan fingerprint density at radius 3 is 2.59 bits per heavy atom. The second-order valence-electron chi connectivity index (χ2n) is 6.99. The summed E-state index contributed by atoms with van der Waals surface area (Å²) in [6.07, 6.45) is 13.5. The number of allylic oxidation sites excluding steroid dienone is 2. The van der Waals surface area contributed by atoms with Gasteiger partial charge in [0.05, 0.1) is 11.2 Å². The van der Waals surface area contributed by atoms with Crippen molar-refractivity contribution in [3.05, 3.63) is 47.7 Å². The van der Waals surface area contributed by atoms with Gasteiger partial charge >= 0.3 is 5.97 Å². The predicted octanol–water partition coefficient (Wildman–Crippen LogP) is 6.57. The van der Waals surface area contributed by atoms with Crippen molar-refractivity contribution in [2.24, 2.45) is 0 Å². The van der Waals surface area contributed by atoms with Gasteiger partial charge in [-0.1, -0.05) is 64.3 Å². The molecule has 0 radical (unpaired) electrons. The molecule has 0 aliphatic carbocycles. The van der Waals surface area contributed by atoms with E-state index in [2.05, 4.69) is 26.0 Å². The number of hydrogen-bond donors (Lipinski definition) is 0. The average molecular weight is 368 g/mol. The zero-order chi connectivity index (χ0) is 19.5. The van der Waals surface area contributed by atoms with Crippen LogP contribution in [0.5, 0.6) is 5.75 Å². The molecular formula is C24H33NO2. The molecule has 0 aliphatic heterocycles. The van der Waals surface area contributed by atoms with Crippen molar-refractivity contribution in [2.45, 2.75) is 78.6 Å². The van der Waals surface area contributed by atoms with E-state index >= 15 is 0 Å². The molecule has 27 heavy (non-hydrogen) atoms. The molecule has 0 atom stereocenters. The van der Waals surface area contributed by atoms with Gasteiger partial charge in [0.25, 0.3) is 0 Å². The molecule has 0 spiro atoms. The van der Waals surface area contributed by atoms with E-state index < -0.39 is 0 Å². The molecule has 0 fully saturated rings. The van der Waals surface area contributed by atoms with Crippen LogP contribution < -0.4 is 4.74 Å². The van der Waals surface area contributed by atoms with Gasteiger partial charge in [-0.3, -0.25) is 9.78 Å². The van der Waals surface area contributed by atoms with Crippen LogP contribution in [0.15, 0.2) is 36.4 Å². The number of pyridine rings is 1. The molecular weight excluding hydrogens is 334 g/mol. The number of para-hydroxylation sites is 1. The summed E-state index contributed by atoms with van der Waals surface area (Å²) < 4.78 is 5.80. The maximum atomic E-state index is 12.2. The van der Waals surface area contributed by atoms with E-state index in [9.17, 15) is 4.79 Å². The van der Waals surface area contributed by atoms with Crippen molar-refractivity contribution in [3.8, 4) is 5.75 Å². The van der Waals surface area contributed by atoms with Crippen LogP contribution in [0.2, 0.25) is 0 Å². The van der Waals surface area contributed by atoms with Crippen LogP contribution >= 0.6 is 0 Å². The standard InChI is InChI=1S/C24H33NO2/c1-4-7-8-9-10-11-12-17-21-19(6-3)24(27-23(26)15-5-2)20-16-13-14-18-22(20)25-21/h11-14,16,18H,4-10,15,17H2,1-3H3. The smallest absolute Gasteiger partial charge is 0.311 e. The second-order valence-corrected chi connectivity index (χ2v) is 6.99. The minimum absolute atomic E-state index is 0.166. The Balaban J connectivity index is 2.24. The highest BCUT2D eigenvalue weighted by Crippen LogP contribution is 2.32. The zero-order valence-corrected chi connectivity index (χ0v) is 17.1. The first-order chi connectivity index (χ1) is 13.2. The Hall–Kier alpha value is -2.16. The molecule has 0 unspecified atom stereocenters. The van der Waals surface area contributed by atoms with Gasteiger partial charge in [0.2, 0.25) is 0 Å². The van der Waals surface area contributed by atoms with Gasteiger partial charge in [0.1, 0.15) is 5.75 Å². The molecule has 0 amide bonds. The van der Waals surface area contributed by atoms with E-state index in [0.29, 0.717) is 12.2 Å². The van der Waals surface area contributed by atoms with Crippen LogP contribution in [-0.2, 0) is 17.6 Å². The number of nitrogens with zero attached hydrogens (tertiary/aromatic N) is 1. The summed E-state index contributed by atoms with van der Waals surface area (Å²) in [4.78, 5) is 17.0. The Labute approximate surface area is 163 Å². The van der Waals surface area contributed by atoms with Crippen LogP contribution in [0.1, 0.15) is 77.0 Å². The van der Waals surface area contributed by atoms with E-state index in [1.54, 1.807) is 0 Å². The molecule has 0 N–H and O–H groups in total. The minimum Gasteiger partial charge on any atom is -0.425 e. The van der Waals surface area contributed by atoms with Gasteiger partial charge in [-0.25, -0.2) is 0 Å². The van der Waals surface area contributed by atoms with Crippen LogP contribution in [0.3, 0.4) is 0 Å². The lowest BCUT2D eigenvalue weighted by atomic mass is 10.0. The van der Waals surface area contributed by atoms with Crippen LogP contribution in [0.4, 0.5) is 0 Å². The molecule has 1 aromatic heterocycles. The number of fused-ring (bicyclic) bond motifs is 1. The Bertz CT molecular complexity index is 764. The fourth-order valence-corrected chi connectivity index (χ4v) is 3.29. The summed E-state index contributed by atoms with van der Waals surface area (Å²) in [5.41, 5.74) is 2.95. The first kappa shape index (κ1) is 21.1. The summed E-state index contributed by atoms with van der Waals surface area (Å²) >= 11 is 0. The Morgan fingerprint density at radius 2 is 1.85 bits per heavy atom. The van der Waals surface area contributed by atoms with Crippen molar-refractivity contribution in [2.75, 3.05) is 0 Å². The fraction of sp³-hybridized carbons (Fsp3) is 0.500. The maximum Gasteiger partial charge on any atom is 0.311 e. The minimum atomic E-state index is -0.166. The van der Waals surface area contributed by atoms with Gasteiger partial charge in [-0.2, -0.15) is 0 Å². The molecule has 2 aromatic rings. The van der Waals surface area contributed by atoms with E-state index in [0.717, 1.165) is 47.8 Å². The first-order valence-electron chi connectivity index (χ1n) is 10.5. The van der Waals surface area contributed by atoms with Gasteiger partial charge in [0, 0.05) is 23.8 Å². The quantitative estimate of drug-likeness (QED) is 0.256. The van der Waals surface area contributed by atoms with Crippen molar-refractivity contribution in [3.63, 3.8) is 0 Å². The summed E-state index contributed by atoms with van der Waals surface area (Å²) in [5, 5.41) is 0.922. The third-order valence-electron chi connectivity index (χ3n) is 4.75. The van der Waals surface area contributed by atoms with Crippen molar-refractivity contribution >= 4 is 16.9 Å². The van der Waals surface area contributed by atoms with Crippen LogP contribution in [-0.4, -0.2) is 11.0 Å².